The van der Waals surface area contributed by atoms with E-state index in [2.05, 4.69) is 5.32 Å². The molecule has 2 amide bonds. The maximum Gasteiger partial charge on any atom is 0.251 e. The Labute approximate surface area is 161 Å². The van der Waals surface area contributed by atoms with Gasteiger partial charge in [-0.25, -0.2) is 0 Å². The number of likely N-dealkylation sites (tertiary alicyclic amines) is 1. The van der Waals surface area contributed by atoms with Crippen LogP contribution in [0.25, 0.3) is 0 Å². The molecule has 1 aliphatic carbocycles. The first-order chi connectivity index (χ1) is 13.5. The Morgan fingerprint density at radius 3 is 2.43 bits per heavy atom. The molecular weight excluding hydrogens is 360 g/mol. The van der Waals surface area contributed by atoms with Gasteiger partial charge in [-0.15, -0.1) is 0 Å². The second-order valence-corrected chi connectivity index (χ2v) is 6.80. The number of aliphatic hydroxyl groups excluding tert-OH is 1. The monoisotopic (exact) mass is 380 g/mol. The zero-order valence-corrected chi connectivity index (χ0v) is 15.0. The van der Waals surface area contributed by atoms with Crippen molar-refractivity contribution in [2.24, 2.45) is 5.92 Å². The van der Waals surface area contributed by atoms with Gasteiger partial charge in [0.15, 0.2) is 6.29 Å². The van der Waals surface area contributed by atoms with Crippen LogP contribution in [0.2, 0.25) is 0 Å². The van der Waals surface area contributed by atoms with Crippen molar-refractivity contribution in [1.82, 2.24) is 10.2 Å². The van der Waals surface area contributed by atoms with E-state index in [1.165, 1.54) is 4.90 Å². The number of hydrogen-bond donors (Lipinski definition) is 3. The highest BCUT2D eigenvalue weighted by Crippen LogP contribution is 2.45. The van der Waals surface area contributed by atoms with Crippen molar-refractivity contribution in [3.8, 4) is 11.5 Å². The fourth-order valence-corrected chi connectivity index (χ4v) is 3.39. The number of para-hydroxylation sites is 1. The number of nitrogens with one attached hydrogen (secondary N) is 1. The second-order valence-electron chi connectivity index (χ2n) is 6.80. The highest BCUT2D eigenvalue weighted by molar-refractivity contribution is 5.97. The molecule has 1 heterocycles. The molecule has 3 N–H and O–H groups in total. The molecule has 7 nitrogen and oxygen atoms in total. The van der Waals surface area contributed by atoms with Crippen LogP contribution in [0.4, 0.5) is 0 Å². The lowest BCUT2D eigenvalue weighted by atomic mass is 10.1. The van der Waals surface area contributed by atoms with Gasteiger partial charge in [-0.05, 0) is 42.8 Å². The van der Waals surface area contributed by atoms with E-state index in [-0.39, 0.29) is 24.3 Å². The molecule has 0 spiro atoms. The van der Waals surface area contributed by atoms with Crippen molar-refractivity contribution < 1.29 is 24.5 Å². The minimum absolute atomic E-state index is 0.142. The summed E-state index contributed by atoms with van der Waals surface area (Å²) in [5.41, 5.74) is 1.21. The van der Waals surface area contributed by atoms with E-state index in [1.807, 2.05) is 36.4 Å². The highest BCUT2D eigenvalue weighted by Gasteiger charge is 2.48. The van der Waals surface area contributed by atoms with Gasteiger partial charge in [0.1, 0.15) is 11.5 Å². The van der Waals surface area contributed by atoms with Gasteiger partial charge < -0.3 is 25.2 Å². The number of carbonyl (C=O) groups excluding carboxylic acids is 2. The molecule has 0 bridgehead atoms. The summed E-state index contributed by atoms with van der Waals surface area (Å²) in [4.78, 5) is 26.1. The predicted octanol–water partition coefficient (Wildman–Crippen LogP) is 1.63. The van der Waals surface area contributed by atoms with Crippen LogP contribution in [0.5, 0.6) is 11.5 Å². The molecule has 2 aliphatic rings. The van der Waals surface area contributed by atoms with Crippen molar-refractivity contribution in [2.45, 2.75) is 18.8 Å². The summed E-state index contributed by atoms with van der Waals surface area (Å²) in [5.74, 6) is 0.693. The van der Waals surface area contributed by atoms with Gasteiger partial charge in [0.05, 0.1) is 12.6 Å². The van der Waals surface area contributed by atoms with Crippen molar-refractivity contribution in [2.75, 3.05) is 6.54 Å². The molecule has 4 rings (SSSR count). The van der Waals surface area contributed by atoms with Crippen LogP contribution in [-0.2, 0) is 4.79 Å². The Morgan fingerprint density at radius 2 is 1.75 bits per heavy atom. The summed E-state index contributed by atoms with van der Waals surface area (Å²) in [5, 5.41) is 21.4. The minimum Gasteiger partial charge on any atom is -0.457 e. The molecule has 7 heteroatoms. The maximum absolute atomic E-state index is 12.4. The van der Waals surface area contributed by atoms with E-state index < -0.39 is 12.3 Å². The molecule has 2 aromatic rings. The molecule has 0 saturated carbocycles. The second kappa shape index (κ2) is 7.46. The van der Waals surface area contributed by atoms with E-state index >= 15 is 0 Å². The van der Waals surface area contributed by atoms with Crippen LogP contribution < -0.4 is 10.1 Å². The highest BCUT2D eigenvalue weighted by atomic mass is 16.5. The minimum atomic E-state index is -1.59. The summed E-state index contributed by atoms with van der Waals surface area (Å²) in [6.45, 7) is -0.214. The van der Waals surface area contributed by atoms with Crippen LogP contribution >= 0.6 is 0 Å². The van der Waals surface area contributed by atoms with Crippen molar-refractivity contribution in [3.63, 3.8) is 0 Å². The maximum atomic E-state index is 12.4. The van der Waals surface area contributed by atoms with Gasteiger partial charge in [-0.2, -0.15) is 0 Å². The van der Waals surface area contributed by atoms with E-state index in [0.717, 1.165) is 5.70 Å². The number of carbonyl (C=O) groups is 2. The third kappa shape index (κ3) is 3.76. The third-order valence-electron chi connectivity index (χ3n) is 4.86. The smallest absolute Gasteiger partial charge is 0.251 e. The third-order valence-corrected chi connectivity index (χ3v) is 4.86. The number of rotatable bonds is 6. The SMILES string of the molecule is O=C(NCC(=O)N1C2=C[C@H]2CC1C(O)O)c1ccc(Oc2ccccc2)cc1. The van der Waals surface area contributed by atoms with E-state index in [4.69, 9.17) is 4.74 Å². The summed E-state index contributed by atoms with van der Waals surface area (Å²) >= 11 is 0. The van der Waals surface area contributed by atoms with Gasteiger partial charge in [0.2, 0.25) is 5.91 Å². The topological polar surface area (TPSA) is 99.1 Å². The van der Waals surface area contributed by atoms with Gasteiger partial charge in [0.25, 0.3) is 5.91 Å². The first-order valence-electron chi connectivity index (χ1n) is 9.04. The molecule has 2 aromatic carbocycles. The van der Waals surface area contributed by atoms with Crippen LogP contribution in [0.15, 0.2) is 66.4 Å². The molecule has 144 valence electrons. The first-order valence-corrected chi connectivity index (χ1v) is 9.04. The average Bonchev–Trinajstić information content (AvgIpc) is 3.36. The Hall–Kier alpha value is -3.16. The van der Waals surface area contributed by atoms with Crippen molar-refractivity contribution in [3.05, 3.63) is 71.9 Å². The lowest BCUT2D eigenvalue weighted by molar-refractivity contribution is -0.139. The normalized spacial score (nSPS) is 19.8. The number of fused-ring (bicyclic) bond motifs is 1. The summed E-state index contributed by atoms with van der Waals surface area (Å²) in [6, 6.07) is 15.3. The fourth-order valence-electron chi connectivity index (χ4n) is 3.39. The predicted molar refractivity (Wildman–Crippen MR) is 100 cm³/mol. The number of nitrogens with zero attached hydrogens (tertiary/aromatic N) is 1. The molecular formula is C21H20N2O5. The molecule has 0 radical (unpaired) electrons. The number of ether oxygens (including phenoxy) is 1. The first kappa shape index (κ1) is 18.2. The number of amides is 2. The van der Waals surface area contributed by atoms with Crippen molar-refractivity contribution in [1.29, 1.82) is 0 Å². The van der Waals surface area contributed by atoms with E-state index in [1.54, 1.807) is 24.3 Å². The number of hydrogen-bond acceptors (Lipinski definition) is 5. The molecule has 2 atom stereocenters. The number of benzene rings is 2. The van der Waals surface area contributed by atoms with E-state index in [0.29, 0.717) is 23.5 Å². The lowest BCUT2D eigenvalue weighted by Crippen LogP contribution is -2.46. The Bertz CT molecular complexity index is 908. The average molecular weight is 380 g/mol. The summed E-state index contributed by atoms with van der Waals surface area (Å²) < 4.78 is 5.68. The Kier molecular flexibility index (Phi) is 4.85. The zero-order valence-electron chi connectivity index (χ0n) is 15.0. The van der Waals surface area contributed by atoms with Crippen LogP contribution in [0, 0.1) is 5.92 Å². The quantitative estimate of drug-likeness (QED) is 0.662. The Balaban J connectivity index is 1.32. The molecule has 1 unspecified atom stereocenters. The summed E-state index contributed by atoms with van der Waals surface area (Å²) in [7, 11) is 0. The van der Waals surface area contributed by atoms with Crippen LogP contribution in [-0.4, -0.2) is 45.8 Å². The Morgan fingerprint density at radius 1 is 1.07 bits per heavy atom. The van der Waals surface area contributed by atoms with Crippen LogP contribution in [0.1, 0.15) is 16.8 Å². The number of aliphatic hydroxyl groups is 2. The van der Waals surface area contributed by atoms with Gasteiger partial charge >= 0.3 is 0 Å². The lowest BCUT2D eigenvalue weighted by Gasteiger charge is -2.26. The molecule has 1 fully saturated rings. The van der Waals surface area contributed by atoms with Gasteiger partial charge in [-0.1, -0.05) is 24.3 Å². The standard InChI is InChI=1S/C21H20N2O5/c24-19(23-17-10-14(17)11-18(23)21(26)27)12-22-20(25)13-6-8-16(9-7-13)28-15-4-2-1-3-5-15/h1-10,14,18,21,26-27H,11-12H2,(H,22,25)/t14-,18?/m0/s1. The van der Waals surface area contributed by atoms with E-state index in [9.17, 15) is 19.8 Å². The fraction of sp³-hybridized carbons (Fsp3) is 0.238. The largest absolute Gasteiger partial charge is 0.457 e. The zero-order chi connectivity index (χ0) is 19.7. The molecule has 1 saturated heterocycles. The number of allylic oxidation sites excluding steroid dienone is 2. The molecule has 28 heavy (non-hydrogen) atoms. The van der Waals surface area contributed by atoms with Crippen LogP contribution in [0.3, 0.4) is 0 Å². The van der Waals surface area contributed by atoms with Gasteiger partial charge in [0, 0.05) is 17.2 Å². The van der Waals surface area contributed by atoms with Crippen molar-refractivity contribution >= 4 is 11.8 Å². The summed E-state index contributed by atoms with van der Waals surface area (Å²) in [6.07, 6.45) is 0.824. The molecule has 1 aliphatic heterocycles. The molecule has 0 aromatic heterocycles. The van der Waals surface area contributed by atoms with Gasteiger partial charge in [-0.3, -0.25) is 9.59 Å².